The Balaban J connectivity index is 2.36. The number of hydrogen-bond donors (Lipinski definition) is 2. The van der Waals surface area contributed by atoms with Crippen molar-refractivity contribution < 1.29 is 5.11 Å². The van der Waals surface area contributed by atoms with Crippen LogP contribution in [0, 0.1) is 0 Å². The van der Waals surface area contributed by atoms with Crippen LogP contribution in [0.25, 0.3) is 0 Å². The first kappa shape index (κ1) is 10.1. The summed E-state index contributed by atoms with van der Waals surface area (Å²) in [4.78, 5) is 4.46. The van der Waals surface area contributed by atoms with Gasteiger partial charge in [0.15, 0.2) is 0 Å². The lowest BCUT2D eigenvalue weighted by Gasteiger charge is -2.16. The Morgan fingerprint density at radius 1 is 1.43 bits per heavy atom. The van der Waals surface area contributed by atoms with Crippen molar-refractivity contribution >= 4 is 12.6 Å². The third-order valence-electron chi connectivity index (χ3n) is 2.76. The molecule has 1 N–H and O–H groups in total. The molecule has 1 aliphatic heterocycles. The predicted molar refractivity (Wildman–Crippen MR) is 58.6 cm³/mol. The molecular formula is C10H16N2OS. The summed E-state index contributed by atoms with van der Waals surface area (Å²) in [6.45, 7) is 1.13. The van der Waals surface area contributed by atoms with Gasteiger partial charge in [0.1, 0.15) is 5.82 Å². The molecule has 0 saturated heterocycles. The van der Waals surface area contributed by atoms with Crippen molar-refractivity contribution in [1.29, 1.82) is 0 Å². The van der Waals surface area contributed by atoms with E-state index in [0.29, 0.717) is 0 Å². The molecule has 0 fully saturated rings. The van der Waals surface area contributed by atoms with Crippen molar-refractivity contribution in [3.8, 4) is 0 Å². The molecule has 1 aliphatic rings. The molecule has 0 aliphatic carbocycles. The smallest absolute Gasteiger partial charge is 0.110 e. The van der Waals surface area contributed by atoms with Crippen LogP contribution in [0.1, 0.15) is 30.1 Å². The molecule has 3 nitrogen and oxygen atoms in total. The molecule has 78 valence electrons. The summed E-state index contributed by atoms with van der Waals surface area (Å²) in [5, 5.41) is 9.18. The summed E-state index contributed by atoms with van der Waals surface area (Å²) in [7, 11) is 0. The fraction of sp³-hybridized carbons (Fsp3) is 0.700. The number of aliphatic hydroxyl groups is 1. The van der Waals surface area contributed by atoms with Gasteiger partial charge in [0.05, 0.1) is 12.3 Å². The summed E-state index contributed by atoms with van der Waals surface area (Å²) in [6, 6.07) is 0. The van der Waals surface area contributed by atoms with Crippen LogP contribution >= 0.6 is 12.6 Å². The third kappa shape index (κ3) is 1.68. The molecule has 1 aromatic heterocycles. The number of aryl methyl sites for hydroxylation is 1. The minimum absolute atomic E-state index is 0.0713. The Bertz CT molecular complexity index is 322. The Labute approximate surface area is 89.6 Å². The molecule has 0 saturated carbocycles. The predicted octanol–water partition coefficient (Wildman–Crippen LogP) is 1.18. The van der Waals surface area contributed by atoms with Crippen LogP contribution in [0.15, 0.2) is 0 Å². The van der Waals surface area contributed by atoms with Crippen molar-refractivity contribution in [1.82, 2.24) is 9.55 Å². The SMILES string of the molecule is OCc1nc(CCS)n2c1CCCC2. The van der Waals surface area contributed by atoms with Gasteiger partial charge in [-0.05, 0) is 25.0 Å². The lowest BCUT2D eigenvalue weighted by Crippen LogP contribution is -2.13. The van der Waals surface area contributed by atoms with Crippen molar-refractivity contribution in [3.05, 3.63) is 17.2 Å². The Hall–Kier alpha value is -0.480. The first-order valence-corrected chi connectivity index (χ1v) is 5.79. The van der Waals surface area contributed by atoms with Gasteiger partial charge < -0.3 is 9.67 Å². The summed E-state index contributed by atoms with van der Waals surface area (Å²) < 4.78 is 2.27. The first-order valence-electron chi connectivity index (χ1n) is 5.15. The molecule has 0 radical (unpaired) electrons. The minimum atomic E-state index is 0.0713. The molecule has 2 heterocycles. The zero-order chi connectivity index (χ0) is 9.97. The fourth-order valence-electron chi connectivity index (χ4n) is 2.12. The zero-order valence-electron chi connectivity index (χ0n) is 8.24. The highest BCUT2D eigenvalue weighted by molar-refractivity contribution is 7.80. The molecular weight excluding hydrogens is 196 g/mol. The van der Waals surface area contributed by atoms with E-state index in [1.165, 1.54) is 18.5 Å². The van der Waals surface area contributed by atoms with E-state index in [-0.39, 0.29) is 6.61 Å². The molecule has 0 aromatic carbocycles. The molecule has 14 heavy (non-hydrogen) atoms. The van der Waals surface area contributed by atoms with Crippen molar-refractivity contribution in [2.45, 2.75) is 38.8 Å². The highest BCUT2D eigenvalue weighted by Gasteiger charge is 2.18. The van der Waals surface area contributed by atoms with E-state index < -0.39 is 0 Å². The van der Waals surface area contributed by atoms with E-state index in [2.05, 4.69) is 22.2 Å². The highest BCUT2D eigenvalue weighted by Crippen LogP contribution is 2.21. The van der Waals surface area contributed by atoms with Gasteiger partial charge in [-0.15, -0.1) is 0 Å². The molecule has 2 rings (SSSR count). The summed E-state index contributed by atoms with van der Waals surface area (Å²) in [5.41, 5.74) is 2.12. The Kier molecular flexibility index (Phi) is 3.13. The van der Waals surface area contributed by atoms with Gasteiger partial charge in [-0.3, -0.25) is 0 Å². The maximum absolute atomic E-state index is 9.18. The zero-order valence-corrected chi connectivity index (χ0v) is 9.13. The second kappa shape index (κ2) is 4.36. The molecule has 1 aromatic rings. The second-order valence-electron chi connectivity index (χ2n) is 3.66. The van der Waals surface area contributed by atoms with E-state index >= 15 is 0 Å². The van der Waals surface area contributed by atoms with Crippen LogP contribution in [0.4, 0.5) is 0 Å². The number of nitrogens with zero attached hydrogens (tertiary/aromatic N) is 2. The third-order valence-corrected chi connectivity index (χ3v) is 2.99. The van der Waals surface area contributed by atoms with Gasteiger partial charge in [0, 0.05) is 18.7 Å². The van der Waals surface area contributed by atoms with E-state index in [1.54, 1.807) is 0 Å². The fourth-order valence-corrected chi connectivity index (χ4v) is 2.32. The number of imidazole rings is 1. The van der Waals surface area contributed by atoms with Crippen LogP contribution < -0.4 is 0 Å². The van der Waals surface area contributed by atoms with Gasteiger partial charge in [-0.25, -0.2) is 4.98 Å². The number of rotatable bonds is 3. The topological polar surface area (TPSA) is 38.1 Å². The van der Waals surface area contributed by atoms with Crippen LogP contribution in [-0.4, -0.2) is 20.4 Å². The van der Waals surface area contributed by atoms with E-state index in [0.717, 1.165) is 36.7 Å². The lowest BCUT2D eigenvalue weighted by molar-refractivity contribution is 0.275. The van der Waals surface area contributed by atoms with Gasteiger partial charge in [0.2, 0.25) is 0 Å². The maximum atomic E-state index is 9.18. The van der Waals surface area contributed by atoms with E-state index in [9.17, 15) is 5.11 Å². The maximum Gasteiger partial charge on any atom is 0.110 e. The Morgan fingerprint density at radius 2 is 2.29 bits per heavy atom. The van der Waals surface area contributed by atoms with Gasteiger partial charge in [-0.2, -0.15) is 12.6 Å². The van der Waals surface area contributed by atoms with Crippen molar-refractivity contribution in [2.24, 2.45) is 0 Å². The number of hydrogen-bond acceptors (Lipinski definition) is 3. The van der Waals surface area contributed by atoms with Crippen molar-refractivity contribution in [2.75, 3.05) is 5.75 Å². The number of fused-ring (bicyclic) bond motifs is 1. The van der Waals surface area contributed by atoms with Crippen molar-refractivity contribution in [3.63, 3.8) is 0 Å². The molecule has 0 amide bonds. The lowest BCUT2D eigenvalue weighted by atomic mass is 10.1. The molecule has 0 spiro atoms. The van der Waals surface area contributed by atoms with E-state index in [4.69, 9.17) is 0 Å². The first-order chi connectivity index (χ1) is 6.86. The summed E-state index contributed by atoms with van der Waals surface area (Å²) in [6.07, 6.45) is 4.42. The van der Waals surface area contributed by atoms with E-state index in [1.807, 2.05) is 0 Å². The molecule has 0 unspecified atom stereocenters. The summed E-state index contributed by atoms with van der Waals surface area (Å²) >= 11 is 4.22. The number of aliphatic hydroxyl groups excluding tert-OH is 1. The normalized spacial score (nSPS) is 15.6. The largest absolute Gasteiger partial charge is 0.390 e. The standard InChI is InChI=1S/C10H16N2OS/c13-7-8-9-3-1-2-5-12(9)10(11-8)4-6-14/h13-14H,1-7H2. The van der Waals surface area contributed by atoms with Crippen LogP contribution in [0.3, 0.4) is 0 Å². The molecule has 4 heteroatoms. The van der Waals surface area contributed by atoms with Gasteiger partial charge in [-0.1, -0.05) is 0 Å². The highest BCUT2D eigenvalue weighted by atomic mass is 32.1. The molecule has 0 bridgehead atoms. The number of aromatic nitrogens is 2. The van der Waals surface area contributed by atoms with Crippen LogP contribution in [-0.2, 0) is 26.0 Å². The minimum Gasteiger partial charge on any atom is -0.390 e. The van der Waals surface area contributed by atoms with Crippen LogP contribution in [0.5, 0.6) is 0 Å². The Morgan fingerprint density at radius 3 is 3.00 bits per heavy atom. The van der Waals surface area contributed by atoms with Gasteiger partial charge in [0.25, 0.3) is 0 Å². The summed E-state index contributed by atoms with van der Waals surface area (Å²) in [5.74, 6) is 1.92. The van der Waals surface area contributed by atoms with Crippen LogP contribution in [0.2, 0.25) is 0 Å². The monoisotopic (exact) mass is 212 g/mol. The van der Waals surface area contributed by atoms with Gasteiger partial charge >= 0.3 is 0 Å². The number of thiol groups is 1. The average molecular weight is 212 g/mol. The second-order valence-corrected chi connectivity index (χ2v) is 4.11. The average Bonchev–Trinajstić information content (AvgIpc) is 2.58. The molecule has 0 atom stereocenters. The quantitative estimate of drug-likeness (QED) is 0.738.